The molecule has 0 fully saturated rings. The zero-order valence-electron chi connectivity index (χ0n) is 17.3. The van der Waals surface area contributed by atoms with Crippen LogP contribution in [0.15, 0.2) is 71.3 Å². The Morgan fingerprint density at radius 2 is 1.87 bits per heavy atom. The summed E-state index contributed by atoms with van der Waals surface area (Å²) in [6, 6.07) is 18.5. The van der Waals surface area contributed by atoms with Crippen molar-refractivity contribution in [3.05, 3.63) is 100 Å². The topological polar surface area (TPSA) is 69.3 Å². The molecule has 2 aromatic heterocycles. The Kier molecular flexibility index (Phi) is 6.09. The Labute approximate surface area is 185 Å². The summed E-state index contributed by atoms with van der Waals surface area (Å²) >= 11 is 5.91. The van der Waals surface area contributed by atoms with Gasteiger partial charge in [-0.2, -0.15) is 5.10 Å². The van der Waals surface area contributed by atoms with Crippen molar-refractivity contribution < 1.29 is 13.9 Å². The largest absolute Gasteiger partial charge is 0.486 e. The number of nitrogens with zero attached hydrogens (tertiary/aromatic N) is 2. The van der Waals surface area contributed by atoms with Crippen molar-refractivity contribution in [2.24, 2.45) is 0 Å². The molecule has 0 atom stereocenters. The quantitative estimate of drug-likeness (QED) is 0.408. The minimum absolute atomic E-state index is 0.200. The second-order valence-electron chi connectivity index (χ2n) is 7.28. The van der Waals surface area contributed by atoms with E-state index in [-0.39, 0.29) is 18.3 Å². The van der Waals surface area contributed by atoms with E-state index in [2.05, 4.69) is 17.3 Å². The van der Waals surface area contributed by atoms with Crippen molar-refractivity contribution in [3.63, 3.8) is 0 Å². The maximum Gasteiger partial charge on any atom is 0.292 e. The van der Waals surface area contributed by atoms with Gasteiger partial charge in [-0.15, -0.1) is 0 Å². The van der Waals surface area contributed by atoms with Crippen molar-refractivity contribution in [2.75, 3.05) is 5.32 Å². The molecule has 2 heterocycles. The molecule has 0 aliphatic rings. The van der Waals surface area contributed by atoms with Crippen LogP contribution >= 0.6 is 11.6 Å². The summed E-state index contributed by atoms with van der Waals surface area (Å²) < 4.78 is 13.1. The average Bonchev–Trinajstić information content (AvgIpc) is 3.40. The molecule has 31 heavy (non-hydrogen) atoms. The van der Waals surface area contributed by atoms with Crippen molar-refractivity contribution in [2.45, 2.75) is 27.0 Å². The smallest absolute Gasteiger partial charge is 0.292 e. The lowest BCUT2D eigenvalue weighted by molar-refractivity contribution is 0.0992. The number of carbonyl (C=O) groups is 1. The van der Waals surface area contributed by atoms with Crippen LogP contribution in [0.4, 0.5) is 5.82 Å². The monoisotopic (exact) mass is 435 g/mol. The third kappa shape index (κ3) is 5.35. The van der Waals surface area contributed by atoms with Crippen LogP contribution in [0.1, 0.15) is 33.0 Å². The molecule has 0 bridgehead atoms. The summed E-state index contributed by atoms with van der Waals surface area (Å²) in [7, 11) is 0. The van der Waals surface area contributed by atoms with Crippen LogP contribution < -0.4 is 10.1 Å². The highest BCUT2D eigenvalue weighted by Gasteiger charge is 2.13. The summed E-state index contributed by atoms with van der Waals surface area (Å²) in [5.41, 5.74) is 3.43. The van der Waals surface area contributed by atoms with Crippen LogP contribution in [-0.2, 0) is 13.2 Å². The van der Waals surface area contributed by atoms with Gasteiger partial charge in [-0.1, -0.05) is 29.8 Å². The van der Waals surface area contributed by atoms with Crippen molar-refractivity contribution in [1.29, 1.82) is 0 Å². The Morgan fingerprint density at radius 3 is 2.65 bits per heavy atom. The van der Waals surface area contributed by atoms with Crippen LogP contribution in [0, 0.1) is 13.8 Å². The van der Waals surface area contributed by atoms with E-state index in [1.807, 2.05) is 49.4 Å². The Hall–Kier alpha value is -3.51. The predicted molar refractivity (Wildman–Crippen MR) is 120 cm³/mol. The summed E-state index contributed by atoms with van der Waals surface area (Å²) in [5.74, 6) is 1.61. The second-order valence-corrected chi connectivity index (χ2v) is 7.72. The first-order valence-corrected chi connectivity index (χ1v) is 10.2. The van der Waals surface area contributed by atoms with Gasteiger partial charge in [0, 0.05) is 17.3 Å². The number of rotatable bonds is 7. The Balaban J connectivity index is 1.33. The lowest BCUT2D eigenvalue weighted by Crippen LogP contribution is -2.12. The normalized spacial score (nSPS) is 10.8. The molecule has 2 aromatic carbocycles. The van der Waals surface area contributed by atoms with Gasteiger partial charge in [0.25, 0.3) is 5.91 Å². The third-order valence-corrected chi connectivity index (χ3v) is 5.14. The fourth-order valence-electron chi connectivity index (χ4n) is 3.01. The van der Waals surface area contributed by atoms with Crippen molar-refractivity contribution in [3.8, 4) is 5.75 Å². The molecule has 0 aliphatic carbocycles. The predicted octanol–water partition coefficient (Wildman–Crippen LogP) is 5.63. The maximum absolute atomic E-state index is 12.5. The first-order chi connectivity index (χ1) is 15.0. The molecule has 0 radical (unpaired) electrons. The van der Waals surface area contributed by atoms with E-state index in [1.165, 1.54) is 5.56 Å². The van der Waals surface area contributed by atoms with Crippen molar-refractivity contribution in [1.82, 2.24) is 9.78 Å². The number of halogens is 1. The molecule has 7 heteroatoms. The first kappa shape index (κ1) is 20.8. The fourth-order valence-corrected chi connectivity index (χ4v) is 3.13. The van der Waals surface area contributed by atoms with Crippen LogP contribution in [0.3, 0.4) is 0 Å². The molecule has 0 unspecified atom stereocenters. The molecule has 0 spiro atoms. The number of anilines is 1. The standard InChI is InChI=1S/C24H22ClN3O3/c1-16-3-8-20(13-17(16)2)30-15-21-9-10-22(31-21)24(29)26-23-11-12-28(27-23)14-18-4-6-19(25)7-5-18/h3-13H,14-15H2,1-2H3,(H,26,27,29). The highest BCUT2D eigenvalue weighted by Crippen LogP contribution is 2.19. The zero-order valence-corrected chi connectivity index (χ0v) is 18.0. The molecule has 1 amide bonds. The number of benzene rings is 2. The van der Waals surface area contributed by atoms with E-state index in [4.69, 9.17) is 20.8 Å². The van der Waals surface area contributed by atoms with Gasteiger partial charge in [0.2, 0.25) is 0 Å². The van der Waals surface area contributed by atoms with Gasteiger partial charge in [0.05, 0.1) is 6.54 Å². The number of amides is 1. The van der Waals surface area contributed by atoms with Gasteiger partial charge < -0.3 is 14.5 Å². The molecule has 4 aromatic rings. The first-order valence-electron chi connectivity index (χ1n) is 9.84. The van der Waals surface area contributed by atoms with Gasteiger partial charge >= 0.3 is 0 Å². The summed E-state index contributed by atoms with van der Waals surface area (Å²) in [6.45, 7) is 4.91. The van der Waals surface area contributed by atoms with Gasteiger partial charge in [-0.05, 0) is 66.9 Å². The van der Waals surface area contributed by atoms with E-state index < -0.39 is 0 Å². The Morgan fingerprint density at radius 1 is 1.06 bits per heavy atom. The number of aryl methyl sites for hydroxylation is 2. The number of aromatic nitrogens is 2. The number of hydrogen-bond donors (Lipinski definition) is 1. The number of nitrogens with one attached hydrogen (secondary N) is 1. The zero-order chi connectivity index (χ0) is 21.8. The van der Waals surface area contributed by atoms with Crippen molar-refractivity contribution >= 4 is 23.3 Å². The SMILES string of the molecule is Cc1ccc(OCc2ccc(C(=O)Nc3ccn(Cc4ccc(Cl)cc4)n3)o2)cc1C. The maximum atomic E-state index is 12.5. The van der Waals surface area contributed by atoms with E-state index in [0.29, 0.717) is 23.1 Å². The fraction of sp³-hybridized carbons (Fsp3) is 0.167. The molecule has 158 valence electrons. The van der Waals surface area contributed by atoms with Gasteiger partial charge in [0.15, 0.2) is 11.6 Å². The van der Waals surface area contributed by atoms with E-state index in [9.17, 15) is 4.79 Å². The number of carbonyl (C=O) groups excluding carboxylic acids is 1. The minimum atomic E-state index is -0.367. The van der Waals surface area contributed by atoms with Gasteiger partial charge in [-0.3, -0.25) is 9.48 Å². The average molecular weight is 436 g/mol. The van der Waals surface area contributed by atoms with E-state index in [0.717, 1.165) is 16.9 Å². The van der Waals surface area contributed by atoms with Gasteiger partial charge in [0.1, 0.15) is 18.1 Å². The van der Waals surface area contributed by atoms with Crippen LogP contribution in [0.25, 0.3) is 0 Å². The number of furan rings is 1. The molecular weight excluding hydrogens is 414 g/mol. The second kappa shape index (κ2) is 9.10. The number of ether oxygens (including phenoxy) is 1. The molecule has 4 rings (SSSR count). The van der Waals surface area contributed by atoms with E-state index in [1.54, 1.807) is 29.1 Å². The molecule has 1 N–H and O–H groups in total. The third-order valence-electron chi connectivity index (χ3n) is 4.89. The molecule has 0 saturated carbocycles. The number of hydrogen-bond acceptors (Lipinski definition) is 4. The molecular formula is C24H22ClN3O3. The highest BCUT2D eigenvalue weighted by atomic mass is 35.5. The van der Waals surface area contributed by atoms with Gasteiger partial charge in [-0.25, -0.2) is 0 Å². The summed E-state index contributed by atoms with van der Waals surface area (Å²) in [6.07, 6.45) is 1.80. The summed E-state index contributed by atoms with van der Waals surface area (Å²) in [5, 5.41) is 7.81. The van der Waals surface area contributed by atoms with Crippen LogP contribution in [-0.4, -0.2) is 15.7 Å². The highest BCUT2D eigenvalue weighted by molar-refractivity contribution is 6.30. The molecule has 0 saturated heterocycles. The minimum Gasteiger partial charge on any atom is -0.486 e. The van der Waals surface area contributed by atoms with Crippen LogP contribution in [0.5, 0.6) is 5.75 Å². The summed E-state index contributed by atoms with van der Waals surface area (Å²) in [4.78, 5) is 12.5. The lowest BCUT2D eigenvalue weighted by atomic mass is 10.1. The molecule has 6 nitrogen and oxygen atoms in total. The van der Waals surface area contributed by atoms with Crippen LogP contribution in [0.2, 0.25) is 5.02 Å². The van der Waals surface area contributed by atoms with E-state index >= 15 is 0 Å². The Bertz CT molecular complexity index is 1200. The molecule has 0 aliphatic heterocycles. The lowest BCUT2D eigenvalue weighted by Gasteiger charge is -2.06.